The van der Waals surface area contributed by atoms with E-state index in [1.165, 1.54) is 0 Å². The first-order valence-electron chi connectivity index (χ1n) is 7.03. The van der Waals surface area contributed by atoms with Gasteiger partial charge in [0.05, 0.1) is 31.1 Å². The highest BCUT2D eigenvalue weighted by atomic mass is 16.5. The van der Waals surface area contributed by atoms with Crippen molar-refractivity contribution in [3.63, 3.8) is 0 Å². The molecule has 0 saturated heterocycles. The number of rotatable bonds is 5. The van der Waals surface area contributed by atoms with E-state index < -0.39 is 0 Å². The molecule has 0 bridgehead atoms. The summed E-state index contributed by atoms with van der Waals surface area (Å²) in [6.07, 6.45) is 6.42. The van der Waals surface area contributed by atoms with Gasteiger partial charge in [0.15, 0.2) is 5.75 Å². The number of hydrogen-bond acceptors (Lipinski definition) is 4. The van der Waals surface area contributed by atoms with Crippen molar-refractivity contribution >= 4 is 5.52 Å². The summed E-state index contributed by atoms with van der Waals surface area (Å²) in [5.74, 6) is 0.714. The van der Waals surface area contributed by atoms with Gasteiger partial charge in [-0.15, -0.1) is 0 Å². The van der Waals surface area contributed by atoms with Crippen molar-refractivity contribution in [3.05, 3.63) is 48.0 Å². The number of hydrogen-bond donors (Lipinski definition) is 1. The highest BCUT2D eigenvalue weighted by molar-refractivity contribution is 5.57. The second-order valence-corrected chi connectivity index (χ2v) is 4.93. The van der Waals surface area contributed by atoms with E-state index in [-0.39, 0.29) is 6.04 Å². The summed E-state index contributed by atoms with van der Waals surface area (Å²) in [5, 5.41) is 8.72. The number of nitrogens with zero attached hydrogens (tertiary/aromatic N) is 4. The Bertz CT molecular complexity index is 745. The molecule has 0 aliphatic rings. The van der Waals surface area contributed by atoms with Crippen LogP contribution in [-0.4, -0.2) is 26.5 Å². The standard InChI is InChI=1S/C15H19N5O/c1-3-7-20-15(13(21-2)10-18-20)14(16)11-9-17-19-8-5-4-6-12(11)19/h4-6,8-10,14H,3,7,16H2,1-2H3. The molecule has 0 fully saturated rings. The SMILES string of the molecule is CCCn1ncc(OC)c1C(N)c1cnn2ccccc12. The van der Waals surface area contributed by atoms with Crippen molar-refractivity contribution in [1.82, 2.24) is 19.4 Å². The van der Waals surface area contributed by atoms with Crippen molar-refractivity contribution in [2.45, 2.75) is 25.9 Å². The second-order valence-electron chi connectivity index (χ2n) is 4.93. The topological polar surface area (TPSA) is 70.4 Å². The van der Waals surface area contributed by atoms with Crippen LogP contribution < -0.4 is 10.5 Å². The summed E-state index contributed by atoms with van der Waals surface area (Å²) in [6.45, 7) is 2.92. The van der Waals surface area contributed by atoms with Crippen molar-refractivity contribution in [2.24, 2.45) is 5.73 Å². The van der Waals surface area contributed by atoms with Crippen molar-refractivity contribution in [1.29, 1.82) is 0 Å². The molecule has 6 nitrogen and oxygen atoms in total. The van der Waals surface area contributed by atoms with Crippen molar-refractivity contribution in [2.75, 3.05) is 7.11 Å². The minimum atomic E-state index is -0.325. The minimum absolute atomic E-state index is 0.325. The third-order valence-electron chi connectivity index (χ3n) is 3.59. The molecule has 3 heterocycles. The summed E-state index contributed by atoms with van der Waals surface area (Å²) in [6, 6.07) is 5.61. The average molecular weight is 285 g/mol. The lowest BCUT2D eigenvalue weighted by Crippen LogP contribution is -2.18. The van der Waals surface area contributed by atoms with Gasteiger partial charge in [-0.25, -0.2) is 4.52 Å². The molecule has 0 amide bonds. The maximum Gasteiger partial charge on any atom is 0.161 e. The summed E-state index contributed by atoms with van der Waals surface area (Å²) < 4.78 is 9.15. The Kier molecular flexibility index (Phi) is 3.62. The first-order chi connectivity index (χ1) is 10.3. The fourth-order valence-electron chi connectivity index (χ4n) is 2.58. The fourth-order valence-corrected chi connectivity index (χ4v) is 2.58. The maximum atomic E-state index is 6.48. The normalized spacial score (nSPS) is 12.7. The maximum absolute atomic E-state index is 6.48. The van der Waals surface area contributed by atoms with E-state index in [2.05, 4.69) is 17.1 Å². The van der Waals surface area contributed by atoms with E-state index in [1.54, 1.807) is 13.3 Å². The van der Waals surface area contributed by atoms with E-state index >= 15 is 0 Å². The van der Waals surface area contributed by atoms with Crippen LogP contribution in [0.4, 0.5) is 0 Å². The van der Waals surface area contributed by atoms with Crippen LogP contribution in [0, 0.1) is 0 Å². The Morgan fingerprint density at radius 1 is 1.29 bits per heavy atom. The monoisotopic (exact) mass is 285 g/mol. The Labute approximate surface area is 123 Å². The molecule has 0 aliphatic heterocycles. The first kappa shape index (κ1) is 13.6. The number of nitrogens with two attached hydrogens (primary N) is 1. The Balaban J connectivity index is 2.09. The quantitative estimate of drug-likeness (QED) is 0.778. The highest BCUT2D eigenvalue weighted by Gasteiger charge is 2.22. The van der Waals surface area contributed by atoms with Crippen LogP contribution in [0.15, 0.2) is 36.8 Å². The van der Waals surface area contributed by atoms with Crippen LogP contribution in [0.5, 0.6) is 5.75 Å². The van der Waals surface area contributed by atoms with Crippen LogP contribution in [0.3, 0.4) is 0 Å². The second kappa shape index (κ2) is 5.57. The summed E-state index contributed by atoms with van der Waals surface area (Å²) >= 11 is 0. The van der Waals surface area contributed by atoms with Crippen molar-refractivity contribution in [3.8, 4) is 5.75 Å². The summed E-state index contributed by atoms with van der Waals surface area (Å²) in [7, 11) is 1.64. The molecular formula is C15H19N5O. The van der Waals surface area contributed by atoms with Gasteiger partial charge in [0, 0.05) is 18.3 Å². The van der Waals surface area contributed by atoms with E-state index in [0.29, 0.717) is 5.75 Å². The van der Waals surface area contributed by atoms with Crippen LogP contribution >= 0.6 is 0 Å². The first-order valence-corrected chi connectivity index (χ1v) is 7.03. The number of ether oxygens (including phenoxy) is 1. The number of aryl methyl sites for hydroxylation is 1. The van der Waals surface area contributed by atoms with E-state index in [9.17, 15) is 0 Å². The number of methoxy groups -OCH3 is 1. The molecular weight excluding hydrogens is 266 g/mol. The van der Waals surface area contributed by atoms with Gasteiger partial charge in [-0.05, 0) is 18.6 Å². The Morgan fingerprint density at radius 3 is 2.90 bits per heavy atom. The largest absolute Gasteiger partial charge is 0.493 e. The zero-order valence-corrected chi connectivity index (χ0v) is 12.2. The smallest absolute Gasteiger partial charge is 0.161 e. The molecule has 3 aromatic rings. The van der Waals surface area contributed by atoms with Gasteiger partial charge in [0.25, 0.3) is 0 Å². The van der Waals surface area contributed by atoms with Crippen LogP contribution in [-0.2, 0) is 6.54 Å². The van der Waals surface area contributed by atoms with Gasteiger partial charge < -0.3 is 10.5 Å². The predicted octanol–water partition coefficient (Wildman–Crippen LogP) is 2.00. The molecule has 0 saturated carbocycles. The molecule has 1 unspecified atom stereocenters. The molecule has 3 rings (SSSR count). The number of fused-ring (bicyclic) bond motifs is 1. The van der Waals surface area contributed by atoms with Gasteiger partial charge in [-0.1, -0.05) is 13.0 Å². The molecule has 110 valence electrons. The zero-order chi connectivity index (χ0) is 14.8. The molecule has 0 aromatic carbocycles. The van der Waals surface area contributed by atoms with E-state index in [0.717, 1.165) is 29.7 Å². The number of aromatic nitrogens is 4. The summed E-state index contributed by atoms with van der Waals surface area (Å²) in [5.41, 5.74) is 9.33. The molecule has 0 spiro atoms. The lowest BCUT2D eigenvalue weighted by atomic mass is 10.1. The Morgan fingerprint density at radius 2 is 2.14 bits per heavy atom. The zero-order valence-electron chi connectivity index (χ0n) is 12.2. The average Bonchev–Trinajstić information content (AvgIpc) is 3.10. The Hall–Kier alpha value is -2.34. The van der Waals surface area contributed by atoms with Crippen molar-refractivity contribution < 1.29 is 4.74 Å². The minimum Gasteiger partial charge on any atom is -0.493 e. The highest BCUT2D eigenvalue weighted by Crippen LogP contribution is 2.30. The third kappa shape index (κ3) is 2.27. The van der Waals surface area contributed by atoms with Gasteiger partial charge in [0.2, 0.25) is 0 Å². The molecule has 21 heavy (non-hydrogen) atoms. The molecule has 0 radical (unpaired) electrons. The molecule has 3 aromatic heterocycles. The van der Waals surface area contributed by atoms with Crippen LogP contribution in [0.1, 0.15) is 30.6 Å². The third-order valence-corrected chi connectivity index (χ3v) is 3.59. The lowest BCUT2D eigenvalue weighted by Gasteiger charge is -2.15. The summed E-state index contributed by atoms with van der Waals surface area (Å²) in [4.78, 5) is 0. The van der Waals surface area contributed by atoms with E-state index in [4.69, 9.17) is 10.5 Å². The van der Waals surface area contributed by atoms with Gasteiger partial charge in [-0.3, -0.25) is 4.68 Å². The van der Waals surface area contributed by atoms with E-state index in [1.807, 2.05) is 39.8 Å². The van der Waals surface area contributed by atoms with Crippen LogP contribution in [0.2, 0.25) is 0 Å². The van der Waals surface area contributed by atoms with Gasteiger partial charge >= 0.3 is 0 Å². The van der Waals surface area contributed by atoms with Gasteiger partial charge in [0.1, 0.15) is 5.69 Å². The molecule has 0 aliphatic carbocycles. The lowest BCUT2D eigenvalue weighted by molar-refractivity contribution is 0.404. The predicted molar refractivity (Wildman–Crippen MR) is 80.3 cm³/mol. The van der Waals surface area contributed by atoms with Crippen LogP contribution in [0.25, 0.3) is 5.52 Å². The molecule has 1 atom stereocenters. The molecule has 2 N–H and O–H groups in total. The number of pyridine rings is 1. The fraction of sp³-hybridized carbons (Fsp3) is 0.333. The van der Waals surface area contributed by atoms with Gasteiger partial charge in [-0.2, -0.15) is 10.2 Å². The molecule has 6 heteroatoms.